The van der Waals surface area contributed by atoms with Crippen LogP contribution in [0.2, 0.25) is 0 Å². The van der Waals surface area contributed by atoms with Crippen molar-refractivity contribution >= 4 is 17.5 Å². The zero-order chi connectivity index (χ0) is 15.5. The van der Waals surface area contributed by atoms with Crippen LogP contribution in [0.4, 0.5) is 16.2 Å². The first-order valence-electron chi connectivity index (χ1n) is 7.05. The van der Waals surface area contributed by atoms with Gasteiger partial charge in [0.15, 0.2) is 0 Å². The van der Waals surface area contributed by atoms with Crippen LogP contribution in [0.3, 0.4) is 0 Å². The summed E-state index contributed by atoms with van der Waals surface area (Å²) in [6.45, 7) is 8.21. The average Bonchev–Trinajstić information content (AvgIpc) is 2.46. The van der Waals surface area contributed by atoms with Crippen molar-refractivity contribution in [2.24, 2.45) is 5.18 Å². The number of benzene rings is 1. The number of nitroso groups, excluding NO2 is 1. The SMILES string of the molecule is CC(C)(C)OC(=O)N1CCN(c2cccc(N=O)c2)CC1. The molecule has 0 atom stereocenters. The summed E-state index contributed by atoms with van der Waals surface area (Å²) in [7, 11) is 0. The molecule has 0 spiro atoms. The van der Waals surface area contributed by atoms with E-state index < -0.39 is 5.60 Å². The quantitative estimate of drug-likeness (QED) is 0.785. The molecular formula is C15H21N3O3. The number of rotatable bonds is 2. The predicted octanol–water partition coefficient (Wildman–Crippen LogP) is 3.14. The molecule has 1 heterocycles. The van der Waals surface area contributed by atoms with E-state index in [0.717, 1.165) is 5.69 Å². The van der Waals surface area contributed by atoms with Gasteiger partial charge in [-0.05, 0) is 44.1 Å². The molecule has 0 aliphatic carbocycles. The van der Waals surface area contributed by atoms with Crippen molar-refractivity contribution in [1.29, 1.82) is 0 Å². The standard InChI is InChI=1S/C15H21N3O3/c1-15(2,3)21-14(19)18-9-7-17(8-10-18)13-6-4-5-12(11-13)16-20/h4-6,11H,7-10H2,1-3H3. The predicted molar refractivity (Wildman–Crippen MR) is 81.9 cm³/mol. The molecule has 1 fully saturated rings. The van der Waals surface area contributed by atoms with Crippen molar-refractivity contribution in [3.63, 3.8) is 0 Å². The van der Waals surface area contributed by atoms with E-state index in [0.29, 0.717) is 31.9 Å². The lowest BCUT2D eigenvalue weighted by Gasteiger charge is -2.36. The first-order chi connectivity index (χ1) is 9.89. The fourth-order valence-corrected chi connectivity index (χ4v) is 2.22. The van der Waals surface area contributed by atoms with Crippen LogP contribution in [0, 0.1) is 4.91 Å². The van der Waals surface area contributed by atoms with Crippen molar-refractivity contribution in [3.05, 3.63) is 29.2 Å². The number of carbonyl (C=O) groups excluding carboxylic acids is 1. The van der Waals surface area contributed by atoms with E-state index in [1.165, 1.54) is 0 Å². The van der Waals surface area contributed by atoms with E-state index in [1.807, 2.05) is 32.9 Å². The fraction of sp³-hybridized carbons (Fsp3) is 0.533. The molecule has 1 aromatic rings. The molecule has 6 heteroatoms. The van der Waals surface area contributed by atoms with Crippen molar-refractivity contribution in [3.8, 4) is 0 Å². The van der Waals surface area contributed by atoms with Gasteiger partial charge in [0, 0.05) is 31.9 Å². The minimum Gasteiger partial charge on any atom is -0.444 e. The average molecular weight is 291 g/mol. The largest absolute Gasteiger partial charge is 0.444 e. The third kappa shape index (κ3) is 4.18. The Morgan fingerprint density at radius 1 is 1.19 bits per heavy atom. The second-order valence-electron chi connectivity index (χ2n) is 6.07. The topological polar surface area (TPSA) is 62.2 Å². The minimum atomic E-state index is -0.474. The maximum Gasteiger partial charge on any atom is 0.410 e. The zero-order valence-electron chi connectivity index (χ0n) is 12.7. The van der Waals surface area contributed by atoms with Crippen LogP contribution in [0.15, 0.2) is 29.4 Å². The van der Waals surface area contributed by atoms with E-state index in [1.54, 1.807) is 17.0 Å². The number of nitrogens with zero attached hydrogens (tertiary/aromatic N) is 3. The highest BCUT2D eigenvalue weighted by Gasteiger charge is 2.25. The van der Waals surface area contributed by atoms with Gasteiger partial charge in [0.2, 0.25) is 0 Å². The van der Waals surface area contributed by atoms with Crippen LogP contribution in [0.25, 0.3) is 0 Å². The summed E-state index contributed by atoms with van der Waals surface area (Å²) in [5, 5.41) is 2.95. The molecule has 0 aromatic heterocycles. The van der Waals surface area contributed by atoms with Crippen molar-refractivity contribution in [2.45, 2.75) is 26.4 Å². The highest BCUT2D eigenvalue weighted by atomic mass is 16.6. The summed E-state index contributed by atoms with van der Waals surface area (Å²) in [4.78, 5) is 26.4. The lowest BCUT2D eigenvalue weighted by atomic mass is 10.2. The smallest absolute Gasteiger partial charge is 0.410 e. The molecule has 1 amide bonds. The maximum atomic E-state index is 12.0. The third-order valence-corrected chi connectivity index (χ3v) is 3.23. The van der Waals surface area contributed by atoms with Gasteiger partial charge in [-0.3, -0.25) is 0 Å². The van der Waals surface area contributed by atoms with Gasteiger partial charge < -0.3 is 14.5 Å². The van der Waals surface area contributed by atoms with Crippen LogP contribution in [-0.4, -0.2) is 42.8 Å². The molecule has 1 saturated heterocycles. The van der Waals surface area contributed by atoms with Gasteiger partial charge in [-0.2, -0.15) is 0 Å². The summed E-state index contributed by atoms with van der Waals surface area (Å²) in [5.41, 5.74) is 0.899. The maximum absolute atomic E-state index is 12.0. The Morgan fingerprint density at radius 2 is 1.86 bits per heavy atom. The van der Waals surface area contributed by atoms with Crippen LogP contribution in [-0.2, 0) is 4.74 Å². The Morgan fingerprint density at radius 3 is 2.43 bits per heavy atom. The summed E-state index contributed by atoms with van der Waals surface area (Å²) >= 11 is 0. The highest BCUT2D eigenvalue weighted by Crippen LogP contribution is 2.22. The molecule has 114 valence electrons. The van der Waals surface area contributed by atoms with Crippen molar-refractivity contribution in [2.75, 3.05) is 31.1 Å². The lowest BCUT2D eigenvalue weighted by Crippen LogP contribution is -2.50. The summed E-state index contributed by atoms with van der Waals surface area (Å²) < 4.78 is 5.37. The van der Waals surface area contributed by atoms with E-state index in [-0.39, 0.29) is 6.09 Å². The van der Waals surface area contributed by atoms with Gasteiger partial charge in [-0.1, -0.05) is 6.07 Å². The molecule has 2 rings (SSSR count). The van der Waals surface area contributed by atoms with Crippen LogP contribution in [0.5, 0.6) is 0 Å². The van der Waals surface area contributed by atoms with Gasteiger partial charge >= 0.3 is 6.09 Å². The Labute approximate surface area is 124 Å². The van der Waals surface area contributed by atoms with E-state index >= 15 is 0 Å². The van der Waals surface area contributed by atoms with Gasteiger partial charge in [-0.25, -0.2) is 4.79 Å². The normalized spacial score (nSPS) is 15.8. The Hall–Kier alpha value is -2.11. The summed E-state index contributed by atoms with van der Waals surface area (Å²) in [5.74, 6) is 0. The molecule has 0 N–H and O–H groups in total. The van der Waals surface area contributed by atoms with E-state index in [9.17, 15) is 9.70 Å². The van der Waals surface area contributed by atoms with Gasteiger partial charge in [0.05, 0.1) is 0 Å². The van der Waals surface area contributed by atoms with E-state index in [2.05, 4.69) is 10.1 Å². The number of amides is 1. The van der Waals surface area contributed by atoms with Crippen molar-refractivity contribution in [1.82, 2.24) is 4.90 Å². The number of hydrogen-bond acceptors (Lipinski definition) is 5. The fourth-order valence-electron chi connectivity index (χ4n) is 2.22. The summed E-state index contributed by atoms with van der Waals surface area (Å²) in [6.07, 6.45) is -0.273. The number of piperazine rings is 1. The Kier molecular flexibility index (Phi) is 4.45. The van der Waals surface area contributed by atoms with Crippen LogP contribution < -0.4 is 4.90 Å². The number of ether oxygens (including phenoxy) is 1. The summed E-state index contributed by atoms with van der Waals surface area (Å²) in [6, 6.07) is 7.19. The Bertz CT molecular complexity index is 517. The lowest BCUT2D eigenvalue weighted by molar-refractivity contribution is 0.0240. The molecule has 1 aromatic carbocycles. The zero-order valence-corrected chi connectivity index (χ0v) is 12.7. The molecule has 6 nitrogen and oxygen atoms in total. The molecule has 21 heavy (non-hydrogen) atoms. The van der Waals surface area contributed by atoms with Gasteiger partial charge in [-0.15, -0.1) is 4.91 Å². The molecule has 0 radical (unpaired) electrons. The Balaban J connectivity index is 1.93. The second kappa shape index (κ2) is 6.11. The van der Waals surface area contributed by atoms with Gasteiger partial charge in [0.25, 0.3) is 0 Å². The number of hydrogen-bond donors (Lipinski definition) is 0. The number of carbonyl (C=O) groups is 1. The number of anilines is 1. The van der Waals surface area contributed by atoms with E-state index in [4.69, 9.17) is 4.74 Å². The minimum absolute atomic E-state index is 0.273. The van der Waals surface area contributed by atoms with Crippen molar-refractivity contribution < 1.29 is 9.53 Å². The third-order valence-electron chi connectivity index (χ3n) is 3.23. The highest BCUT2D eigenvalue weighted by molar-refractivity contribution is 5.68. The second-order valence-corrected chi connectivity index (χ2v) is 6.07. The van der Waals surface area contributed by atoms with Crippen LogP contribution in [0.1, 0.15) is 20.8 Å². The molecule has 0 unspecified atom stereocenters. The molecule has 0 saturated carbocycles. The molecule has 0 bridgehead atoms. The molecular weight excluding hydrogens is 270 g/mol. The van der Waals surface area contributed by atoms with Gasteiger partial charge in [0.1, 0.15) is 11.3 Å². The first kappa shape index (κ1) is 15.3. The first-order valence-corrected chi connectivity index (χ1v) is 7.05. The molecule has 1 aliphatic rings. The molecule has 1 aliphatic heterocycles. The monoisotopic (exact) mass is 291 g/mol. The van der Waals surface area contributed by atoms with Crippen LogP contribution >= 0.6 is 0 Å².